The van der Waals surface area contributed by atoms with Gasteiger partial charge >= 0.3 is 0 Å². The largest absolute Gasteiger partial charge is 0.485 e. The van der Waals surface area contributed by atoms with E-state index in [1.807, 2.05) is 25.2 Å². The maximum absolute atomic E-state index is 6.10. The molecule has 17 heavy (non-hydrogen) atoms. The minimum Gasteiger partial charge on any atom is -0.485 e. The van der Waals surface area contributed by atoms with Crippen molar-refractivity contribution >= 4 is 11.6 Å². The highest BCUT2D eigenvalue weighted by molar-refractivity contribution is 6.31. The van der Waals surface area contributed by atoms with Crippen molar-refractivity contribution in [2.75, 3.05) is 7.05 Å². The summed E-state index contributed by atoms with van der Waals surface area (Å²) in [6.45, 7) is 0.898. The Bertz CT molecular complexity index is 474. The van der Waals surface area contributed by atoms with E-state index < -0.39 is 0 Å². The average Bonchev–Trinajstić information content (AvgIpc) is 2.83. The second kappa shape index (κ2) is 5.65. The van der Waals surface area contributed by atoms with Gasteiger partial charge in [-0.1, -0.05) is 22.8 Å². The van der Waals surface area contributed by atoms with Gasteiger partial charge in [0.25, 0.3) is 0 Å². The highest BCUT2D eigenvalue weighted by atomic mass is 35.5. The fourth-order valence-electron chi connectivity index (χ4n) is 1.42. The normalized spacial score (nSPS) is 10.5. The lowest BCUT2D eigenvalue weighted by Gasteiger charge is -2.11. The first kappa shape index (κ1) is 11.9. The third-order valence-corrected chi connectivity index (χ3v) is 2.55. The molecule has 0 atom stereocenters. The molecule has 0 amide bonds. The summed E-state index contributed by atoms with van der Waals surface area (Å²) in [7, 11) is 1.85. The van der Waals surface area contributed by atoms with Gasteiger partial charge in [0, 0.05) is 17.1 Å². The topological polar surface area (TPSA) is 60.2 Å². The van der Waals surface area contributed by atoms with Crippen LogP contribution in [0.25, 0.3) is 0 Å². The molecule has 0 aliphatic carbocycles. The average molecular weight is 254 g/mol. The third kappa shape index (κ3) is 2.95. The van der Waals surface area contributed by atoms with Gasteiger partial charge < -0.3 is 14.6 Å². The molecule has 0 aliphatic heterocycles. The highest BCUT2D eigenvalue weighted by Crippen LogP contribution is 2.26. The Labute approximate surface area is 104 Å². The van der Waals surface area contributed by atoms with Crippen molar-refractivity contribution < 1.29 is 9.26 Å². The van der Waals surface area contributed by atoms with E-state index in [0.29, 0.717) is 17.4 Å². The lowest BCUT2D eigenvalue weighted by Crippen LogP contribution is -2.08. The first-order chi connectivity index (χ1) is 8.31. The van der Waals surface area contributed by atoms with E-state index in [4.69, 9.17) is 16.3 Å². The van der Waals surface area contributed by atoms with Crippen LogP contribution >= 0.6 is 11.6 Å². The molecule has 1 aromatic heterocycles. The minimum absolute atomic E-state index is 0.257. The molecule has 2 rings (SSSR count). The first-order valence-electron chi connectivity index (χ1n) is 5.11. The van der Waals surface area contributed by atoms with Crippen molar-refractivity contribution in [2.45, 2.75) is 13.2 Å². The molecule has 90 valence electrons. The fourth-order valence-corrected chi connectivity index (χ4v) is 1.65. The van der Waals surface area contributed by atoms with Crippen LogP contribution in [0.2, 0.25) is 5.02 Å². The van der Waals surface area contributed by atoms with Gasteiger partial charge in [-0.15, -0.1) is 0 Å². The van der Waals surface area contributed by atoms with E-state index in [-0.39, 0.29) is 6.61 Å². The number of nitrogens with zero attached hydrogens (tertiary/aromatic N) is 2. The van der Waals surface area contributed by atoms with E-state index in [1.54, 1.807) is 0 Å². The molecule has 0 aliphatic rings. The van der Waals surface area contributed by atoms with Crippen molar-refractivity contribution in [1.82, 2.24) is 15.5 Å². The zero-order chi connectivity index (χ0) is 12.1. The number of benzene rings is 1. The Balaban J connectivity index is 2.11. The van der Waals surface area contributed by atoms with Crippen molar-refractivity contribution in [1.29, 1.82) is 0 Å². The van der Waals surface area contributed by atoms with Crippen molar-refractivity contribution in [2.24, 2.45) is 0 Å². The summed E-state index contributed by atoms with van der Waals surface area (Å²) in [6, 6.07) is 5.53. The molecule has 2 aromatic rings. The maximum atomic E-state index is 6.10. The summed E-state index contributed by atoms with van der Waals surface area (Å²) in [5.41, 5.74) is 0.917. The first-order valence-corrected chi connectivity index (χ1v) is 5.49. The van der Waals surface area contributed by atoms with Crippen LogP contribution in [0.15, 0.2) is 29.1 Å². The fraction of sp³-hybridized carbons (Fsp3) is 0.273. The van der Waals surface area contributed by atoms with Gasteiger partial charge in [0.15, 0.2) is 6.61 Å². The lowest BCUT2D eigenvalue weighted by atomic mass is 10.2. The number of nitrogens with one attached hydrogen (secondary N) is 1. The van der Waals surface area contributed by atoms with Gasteiger partial charge in [-0.2, -0.15) is 4.98 Å². The number of hydrogen-bond donors (Lipinski definition) is 1. The maximum Gasteiger partial charge on any atom is 0.213 e. The molecular formula is C11H12ClN3O2. The number of ether oxygens (including phenoxy) is 1. The van der Waals surface area contributed by atoms with E-state index in [1.165, 1.54) is 6.39 Å². The van der Waals surface area contributed by atoms with Crippen LogP contribution in [0.3, 0.4) is 0 Å². The van der Waals surface area contributed by atoms with Crippen LogP contribution in [-0.2, 0) is 13.2 Å². The summed E-state index contributed by atoms with van der Waals surface area (Å²) in [6.07, 6.45) is 1.27. The van der Waals surface area contributed by atoms with Crippen LogP contribution in [0, 0.1) is 0 Å². The monoisotopic (exact) mass is 253 g/mol. The van der Waals surface area contributed by atoms with E-state index in [0.717, 1.165) is 11.3 Å². The van der Waals surface area contributed by atoms with Gasteiger partial charge in [0.05, 0.1) is 0 Å². The smallest absolute Gasteiger partial charge is 0.213 e. The molecule has 0 radical (unpaired) electrons. The molecule has 0 saturated heterocycles. The van der Waals surface area contributed by atoms with E-state index in [2.05, 4.69) is 20.0 Å². The minimum atomic E-state index is 0.257. The Morgan fingerprint density at radius 2 is 2.35 bits per heavy atom. The quantitative estimate of drug-likeness (QED) is 0.883. The van der Waals surface area contributed by atoms with Crippen LogP contribution in [0.4, 0.5) is 0 Å². The lowest BCUT2D eigenvalue weighted by molar-refractivity contribution is 0.283. The standard InChI is InChI=1S/C11H12ClN3O2/c1-13-5-8-9(12)3-2-4-10(8)16-6-11-14-7-17-15-11/h2-4,7,13H,5-6H2,1H3. The SMILES string of the molecule is CNCc1c(Cl)cccc1OCc1ncon1. The summed E-state index contributed by atoms with van der Waals surface area (Å²) >= 11 is 6.10. The molecule has 0 fully saturated rings. The molecule has 1 heterocycles. The van der Waals surface area contributed by atoms with Crippen LogP contribution in [0.5, 0.6) is 5.75 Å². The zero-order valence-corrected chi connectivity index (χ0v) is 10.1. The van der Waals surface area contributed by atoms with Crippen molar-refractivity contribution in [3.63, 3.8) is 0 Å². The highest BCUT2D eigenvalue weighted by Gasteiger charge is 2.08. The second-order valence-electron chi connectivity index (χ2n) is 3.38. The van der Waals surface area contributed by atoms with E-state index >= 15 is 0 Å². The van der Waals surface area contributed by atoms with Gasteiger partial charge in [-0.05, 0) is 19.2 Å². The Hall–Kier alpha value is -1.59. The Morgan fingerprint density at radius 3 is 3.06 bits per heavy atom. The van der Waals surface area contributed by atoms with Crippen molar-refractivity contribution in [3.05, 3.63) is 41.0 Å². The Morgan fingerprint density at radius 1 is 1.47 bits per heavy atom. The third-order valence-electron chi connectivity index (χ3n) is 2.19. The number of rotatable bonds is 5. The summed E-state index contributed by atoms with van der Waals surface area (Å²) < 4.78 is 10.2. The molecule has 0 spiro atoms. The molecule has 1 N–H and O–H groups in total. The summed E-state index contributed by atoms with van der Waals surface area (Å²) in [5, 5.41) is 7.39. The zero-order valence-electron chi connectivity index (χ0n) is 9.31. The van der Waals surface area contributed by atoms with Gasteiger partial charge in [0.2, 0.25) is 12.2 Å². The number of hydrogen-bond acceptors (Lipinski definition) is 5. The summed E-state index contributed by atoms with van der Waals surface area (Å²) in [5.74, 6) is 1.22. The van der Waals surface area contributed by atoms with Crippen molar-refractivity contribution in [3.8, 4) is 5.75 Å². The molecule has 6 heteroatoms. The number of aromatic nitrogens is 2. The Kier molecular flexibility index (Phi) is 3.95. The van der Waals surface area contributed by atoms with Crippen LogP contribution in [0.1, 0.15) is 11.4 Å². The molecule has 0 bridgehead atoms. The number of halogens is 1. The van der Waals surface area contributed by atoms with Gasteiger partial charge in [-0.25, -0.2) is 0 Å². The van der Waals surface area contributed by atoms with Gasteiger partial charge in [-0.3, -0.25) is 0 Å². The predicted molar refractivity (Wildman–Crippen MR) is 62.8 cm³/mol. The molecule has 0 saturated carbocycles. The second-order valence-corrected chi connectivity index (χ2v) is 3.79. The molecule has 5 nitrogen and oxygen atoms in total. The molecule has 1 aromatic carbocycles. The van der Waals surface area contributed by atoms with Crippen LogP contribution < -0.4 is 10.1 Å². The van der Waals surface area contributed by atoms with Gasteiger partial charge in [0.1, 0.15) is 5.75 Å². The molecular weight excluding hydrogens is 242 g/mol. The summed E-state index contributed by atoms with van der Waals surface area (Å²) in [4.78, 5) is 3.88. The van der Waals surface area contributed by atoms with E-state index in [9.17, 15) is 0 Å². The van der Waals surface area contributed by atoms with Crippen LogP contribution in [-0.4, -0.2) is 17.2 Å². The molecule has 0 unspecified atom stereocenters. The predicted octanol–water partition coefficient (Wildman–Crippen LogP) is 2.02.